The van der Waals surface area contributed by atoms with E-state index in [-0.39, 0.29) is 35.5 Å². The number of nitrogens with one attached hydrogen (secondary N) is 4. The maximum absolute atomic E-state index is 12.2. The second-order valence-corrected chi connectivity index (χ2v) is 16.4. The third kappa shape index (κ3) is 10.2. The van der Waals surface area contributed by atoms with Crippen LogP contribution in [0.2, 0.25) is 0 Å². The average molecular weight is 868 g/mol. The smallest absolute Gasteiger partial charge is 0.260 e. The van der Waals surface area contributed by atoms with Crippen LogP contribution in [-0.4, -0.2) is 88.3 Å². The first-order valence-corrected chi connectivity index (χ1v) is 21.1. The monoisotopic (exact) mass is 867 g/mol. The second kappa shape index (κ2) is 18.8. The number of carbonyl (C=O) groups excluding carboxylic acids is 3. The molecule has 8 aromatic heterocycles. The molecule has 0 aromatic carbocycles. The predicted octanol–water partition coefficient (Wildman–Crippen LogP) is 6.40. The fourth-order valence-electron chi connectivity index (χ4n) is 6.79. The van der Waals surface area contributed by atoms with Gasteiger partial charge in [-0.25, -0.2) is 38.5 Å². The highest BCUT2D eigenvalue weighted by atomic mass is 16.2. The molecule has 3 amide bonds. The molecule has 1 fully saturated rings. The fourth-order valence-corrected chi connectivity index (χ4v) is 6.79. The van der Waals surface area contributed by atoms with Gasteiger partial charge in [-0.15, -0.1) is 0 Å². The van der Waals surface area contributed by atoms with Crippen molar-refractivity contribution in [1.29, 1.82) is 0 Å². The van der Waals surface area contributed by atoms with E-state index in [0.29, 0.717) is 40.0 Å². The van der Waals surface area contributed by atoms with E-state index in [2.05, 4.69) is 94.3 Å². The van der Waals surface area contributed by atoms with Gasteiger partial charge in [-0.3, -0.25) is 19.1 Å². The van der Waals surface area contributed by atoms with Crippen LogP contribution in [0.1, 0.15) is 121 Å². The first kappa shape index (κ1) is 44.4. The van der Waals surface area contributed by atoms with Crippen molar-refractivity contribution in [2.75, 3.05) is 23.0 Å². The third-order valence-corrected chi connectivity index (χ3v) is 10.1. The van der Waals surface area contributed by atoms with Gasteiger partial charge in [0.2, 0.25) is 5.91 Å². The number of aryl methyl sites for hydroxylation is 3. The van der Waals surface area contributed by atoms with Crippen molar-refractivity contribution < 1.29 is 14.4 Å². The van der Waals surface area contributed by atoms with Crippen LogP contribution in [-0.2, 0) is 11.8 Å². The Kier molecular flexibility index (Phi) is 13.0. The minimum atomic E-state index is -0.247. The Morgan fingerprint density at radius 2 is 1.20 bits per heavy atom. The lowest BCUT2D eigenvalue weighted by molar-refractivity contribution is -0.117. The Morgan fingerprint density at radius 1 is 0.641 bits per heavy atom. The number of rotatable bonds is 10. The molecule has 4 N–H and O–H groups in total. The van der Waals surface area contributed by atoms with E-state index in [1.54, 1.807) is 46.4 Å². The third-order valence-electron chi connectivity index (χ3n) is 10.1. The fraction of sp³-hybridized carbons (Fsp3) is 0.364. The number of amides is 3. The maximum Gasteiger partial charge on any atom is 0.260 e. The van der Waals surface area contributed by atoms with Crippen molar-refractivity contribution in [2.45, 2.75) is 86.0 Å². The quantitative estimate of drug-likeness (QED) is 0.117. The first-order valence-electron chi connectivity index (χ1n) is 21.1. The molecule has 9 rings (SSSR count). The molecule has 20 nitrogen and oxygen atoms in total. The van der Waals surface area contributed by atoms with E-state index in [1.807, 2.05) is 68.6 Å². The zero-order valence-electron chi connectivity index (χ0n) is 37.6. The molecule has 0 radical (unpaired) electrons. The molecule has 0 spiro atoms. The Balaban J connectivity index is 0.000000144. The first-order chi connectivity index (χ1) is 30.6. The number of hydrogen-bond acceptors (Lipinski definition) is 13. The largest absolute Gasteiger partial charge is 0.355 e. The summed E-state index contributed by atoms with van der Waals surface area (Å²) in [4.78, 5) is 58.1. The Morgan fingerprint density at radius 3 is 1.75 bits per heavy atom. The van der Waals surface area contributed by atoms with Gasteiger partial charge in [0, 0.05) is 68.3 Å². The van der Waals surface area contributed by atoms with Gasteiger partial charge in [0.05, 0.1) is 47.4 Å². The minimum absolute atomic E-state index is 0.00688. The topological polar surface area (TPSA) is 233 Å². The summed E-state index contributed by atoms with van der Waals surface area (Å²) in [5.74, 6) is 3.67. The molecule has 0 atom stereocenters. The standard InChI is InChI=1S/C15H18N6.C15H19N5O2.C14H16N6O/c1-9(2)12-8-14(20-15-5-6-16-21(12)15)19-13-7-10(3)17-11(4)18-13;1-8(2)11-6-12(19-14(21)9-4-5-9)18-13-10(15(22)16-3)7-17-20(11)13;1-9(2)11-6-12(17-13-4-5-15-20(11)13)18-14(21)10-7-16-19(3)8-10/h5-9H,1-4H3,(H,17,18,19,20);6-9H,4-5H2,1-3H3,(H,16,22)(H,18,19,21);4-9H,1-3H3,(H,17,18,21). The van der Waals surface area contributed by atoms with Gasteiger partial charge in [-0.2, -0.15) is 20.4 Å². The summed E-state index contributed by atoms with van der Waals surface area (Å²) >= 11 is 0. The molecule has 64 heavy (non-hydrogen) atoms. The molecule has 0 bridgehead atoms. The van der Waals surface area contributed by atoms with Gasteiger partial charge in [0.1, 0.15) is 34.7 Å². The van der Waals surface area contributed by atoms with E-state index < -0.39 is 0 Å². The molecule has 1 aliphatic rings. The lowest BCUT2D eigenvalue weighted by atomic mass is 10.1. The molecule has 1 aliphatic carbocycles. The van der Waals surface area contributed by atoms with Gasteiger partial charge in [-0.05, 0) is 44.4 Å². The van der Waals surface area contributed by atoms with Crippen LogP contribution >= 0.6 is 0 Å². The van der Waals surface area contributed by atoms with Crippen LogP contribution in [0.5, 0.6) is 0 Å². The van der Waals surface area contributed by atoms with E-state index in [4.69, 9.17) is 0 Å². The number of anilines is 4. The molecule has 8 heterocycles. The summed E-state index contributed by atoms with van der Waals surface area (Å²) < 4.78 is 6.89. The molecule has 8 aromatic rings. The maximum atomic E-state index is 12.2. The van der Waals surface area contributed by atoms with Crippen molar-refractivity contribution in [3.05, 3.63) is 107 Å². The van der Waals surface area contributed by atoms with Crippen LogP contribution in [0.4, 0.5) is 23.3 Å². The predicted molar refractivity (Wildman–Crippen MR) is 242 cm³/mol. The molecular weight excluding hydrogens is 815 g/mol. The molecule has 0 saturated heterocycles. The van der Waals surface area contributed by atoms with Gasteiger partial charge in [-0.1, -0.05) is 41.5 Å². The van der Waals surface area contributed by atoms with Crippen LogP contribution in [0, 0.1) is 19.8 Å². The van der Waals surface area contributed by atoms with E-state index >= 15 is 0 Å². The van der Waals surface area contributed by atoms with E-state index in [1.165, 1.54) is 12.4 Å². The normalized spacial score (nSPS) is 12.3. The number of aromatic nitrogens is 13. The van der Waals surface area contributed by atoms with Crippen molar-refractivity contribution in [3.8, 4) is 0 Å². The summed E-state index contributed by atoms with van der Waals surface area (Å²) in [6.45, 7) is 16.3. The van der Waals surface area contributed by atoms with Gasteiger partial charge in [0.25, 0.3) is 11.8 Å². The average Bonchev–Trinajstić information content (AvgIpc) is 3.57. The lowest BCUT2D eigenvalue weighted by Gasteiger charge is -2.12. The molecular formula is C44H53N17O3. The highest BCUT2D eigenvalue weighted by Gasteiger charge is 2.30. The van der Waals surface area contributed by atoms with Crippen molar-refractivity contribution in [3.63, 3.8) is 0 Å². The molecule has 0 unspecified atom stereocenters. The summed E-state index contributed by atoms with van der Waals surface area (Å²) in [6.07, 6.45) is 10.0. The number of hydrogen-bond donors (Lipinski definition) is 4. The van der Waals surface area contributed by atoms with Crippen LogP contribution < -0.4 is 21.3 Å². The number of fused-ring (bicyclic) bond motifs is 3. The van der Waals surface area contributed by atoms with E-state index in [9.17, 15) is 14.4 Å². The summed E-state index contributed by atoms with van der Waals surface area (Å²) in [5.41, 5.74) is 6.81. The number of nitrogens with zero attached hydrogens (tertiary/aromatic N) is 13. The van der Waals surface area contributed by atoms with Crippen LogP contribution in [0.25, 0.3) is 16.9 Å². The highest BCUT2D eigenvalue weighted by molar-refractivity contribution is 6.03. The summed E-state index contributed by atoms with van der Waals surface area (Å²) in [6, 6.07) is 11.3. The van der Waals surface area contributed by atoms with Gasteiger partial charge in [0.15, 0.2) is 16.9 Å². The number of carbonyl (C=O) groups is 3. The molecule has 1 saturated carbocycles. The van der Waals surface area contributed by atoms with Crippen LogP contribution in [0.15, 0.2) is 67.4 Å². The second-order valence-electron chi connectivity index (χ2n) is 16.4. The minimum Gasteiger partial charge on any atom is -0.355 e. The molecule has 332 valence electrons. The molecule has 20 heteroatoms. The summed E-state index contributed by atoms with van der Waals surface area (Å²) in [5, 5.41) is 28.3. The SMILES string of the molecule is CC(C)c1cc(NC(=O)c2cnn(C)c2)nc2ccnn12.CNC(=O)c1cnn2c(C(C)C)cc(NC(=O)C3CC3)nc12.Cc1cc(Nc2cc(C(C)C)n3nccc3n2)nc(C)n1. The highest BCUT2D eigenvalue weighted by Crippen LogP contribution is 2.31. The Hall–Kier alpha value is -7.64. The van der Waals surface area contributed by atoms with Gasteiger partial charge >= 0.3 is 0 Å². The van der Waals surface area contributed by atoms with Crippen molar-refractivity contribution >= 4 is 57.9 Å². The Bertz CT molecular complexity index is 2950. The van der Waals surface area contributed by atoms with Crippen molar-refractivity contribution in [2.24, 2.45) is 13.0 Å². The zero-order valence-corrected chi connectivity index (χ0v) is 37.6. The molecule has 0 aliphatic heterocycles. The van der Waals surface area contributed by atoms with Gasteiger partial charge < -0.3 is 21.3 Å². The Labute approximate surface area is 369 Å². The van der Waals surface area contributed by atoms with Crippen LogP contribution in [0.3, 0.4) is 0 Å². The summed E-state index contributed by atoms with van der Waals surface area (Å²) in [7, 11) is 3.33. The zero-order chi connectivity index (χ0) is 45.8. The van der Waals surface area contributed by atoms with Crippen molar-refractivity contribution in [1.82, 2.24) is 68.9 Å². The van der Waals surface area contributed by atoms with E-state index in [0.717, 1.165) is 58.7 Å². The lowest BCUT2D eigenvalue weighted by Crippen LogP contribution is -2.19.